The van der Waals surface area contributed by atoms with Gasteiger partial charge < -0.3 is 4.42 Å². The van der Waals surface area contributed by atoms with E-state index in [9.17, 15) is 0 Å². The average molecular weight is 462 g/mol. The first-order valence-corrected chi connectivity index (χ1v) is 12.6. The van der Waals surface area contributed by atoms with Gasteiger partial charge in [-0.15, -0.1) is 11.3 Å². The van der Waals surface area contributed by atoms with Crippen molar-refractivity contribution in [3.63, 3.8) is 0 Å². The van der Waals surface area contributed by atoms with Crippen LogP contribution < -0.4 is 0 Å². The van der Waals surface area contributed by atoms with E-state index < -0.39 is 0 Å². The van der Waals surface area contributed by atoms with Crippen molar-refractivity contribution in [1.82, 2.24) is 4.98 Å². The Morgan fingerprint density at radius 1 is 0.853 bits per heavy atom. The van der Waals surface area contributed by atoms with Crippen LogP contribution in [0.15, 0.2) is 76.7 Å². The fourth-order valence-electron chi connectivity index (χ4n) is 5.06. The number of aromatic nitrogens is 1. The molecule has 3 heterocycles. The Hall–Kier alpha value is -3.43. The summed E-state index contributed by atoms with van der Waals surface area (Å²) in [5.41, 5.74) is 7.92. The summed E-state index contributed by atoms with van der Waals surface area (Å²) < 4.78 is 7.74. The Bertz CT molecular complexity index is 1710. The molecular weight excluding hydrogens is 434 g/mol. The van der Waals surface area contributed by atoms with Gasteiger partial charge in [-0.05, 0) is 76.2 Å². The van der Waals surface area contributed by atoms with Crippen molar-refractivity contribution in [3.8, 4) is 22.6 Å². The molecule has 0 aliphatic heterocycles. The van der Waals surface area contributed by atoms with Gasteiger partial charge in [0.25, 0.3) is 0 Å². The van der Waals surface area contributed by atoms with Crippen molar-refractivity contribution in [2.45, 2.75) is 40.0 Å². The SMILES string of the molecule is Cc1csc2cc(-c3oc4ccnc(-c5cc(C(C)(C)C)c6ccccc6c5)c4c3C)ccc12. The fraction of sp³-hybridized carbons (Fsp3) is 0.194. The van der Waals surface area contributed by atoms with Crippen molar-refractivity contribution in [3.05, 3.63) is 88.9 Å². The smallest absolute Gasteiger partial charge is 0.138 e. The number of rotatable bonds is 2. The van der Waals surface area contributed by atoms with Crippen molar-refractivity contribution in [2.75, 3.05) is 0 Å². The molecule has 3 aromatic heterocycles. The van der Waals surface area contributed by atoms with Crippen LogP contribution in [0.25, 0.3) is 54.4 Å². The number of nitrogens with zero attached hydrogens (tertiary/aromatic N) is 1. The summed E-state index contributed by atoms with van der Waals surface area (Å²) in [6.45, 7) is 11.1. The largest absolute Gasteiger partial charge is 0.456 e. The highest BCUT2D eigenvalue weighted by Gasteiger charge is 2.22. The summed E-state index contributed by atoms with van der Waals surface area (Å²) in [4.78, 5) is 4.87. The van der Waals surface area contributed by atoms with Gasteiger partial charge in [-0.2, -0.15) is 0 Å². The number of hydrogen-bond acceptors (Lipinski definition) is 3. The van der Waals surface area contributed by atoms with Crippen LogP contribution in [-0.2, 0) is 5.41 Å². The lowest BCUT2D eigenvalue weighted by molar-refractivity contribution is 0.596. The van der Waals surface area contributed by atoms with Crippen molar-refractivity contribution < 1.29 is 4.42 Å². The van der Waals surface area contributed by atoms with E-state index in [1.54, 1.807) is 11.3 Å². The Balaban J connectivity index is 1.59. The highest BCUT2D eigenvalue weighted by molar-refractivity contribution is 7.17. The molecule has 2 nitrogen and oxygen atoms in total. The number of benzene rings is 3. The first kappa shape index (κ1) is 21.1. The van der Waals surface area contributed by atoms with Gasteiger partial charge in [0.1, 0.15) is 11.3 Å². The second-order valence-electron chi connectivity index (χ2n) is 10.2. The standard InChI is InChI=1S/C31H27NOS/c1-18-17-34-27-16-21(10-11-23(18)27)30-19(2)28-26(33-30)12-13-32-29(28)22-14-20-8-6-7-9-24(20)25(15-22)31(3,4)5/h6-17H,1-5H3. The third-order valence-electron chi connectivity index (χ3n) is 6.81. The minimum absolute atomic E-state index is 0.0222. The quantitative estimate of drug-likeness (QED) is 0.257. The van der Waals surface area contributed by atoms with Crippen LogP contribution >= 0.6 is 11.3 Å². The number of thiophene rings is 1. The Labute approximate surface area is 203 Å². The van der Waals surface area contributed by atoms with Crippen LogP contribution in [0, 0.1) is 13.8 Å². The van der Waals surface area contributed by atoms with Crippen molar-refractivity contribution in [1.29, 1.82) is 0 Å². The molecular formula is C31H27NOS. The van der Waals surface area contributed by atoms with E-state index >= 15 is 0 Å². The maximum Gasteiger partial charge on any atom is 0.138 e. The summed E-state index contributed by atoms with van der Waals surface area (Å²) in [5.74, 6) is 0.925. The lowest BCUT2D eigenvalue weighted by atomic mass is 9.82. The highest BCUT2D eigenvalue weighted by Crippen LogP contribution is 2.41. The molecule has 3 aromatic carbocycles. The Morgan fingerprint density at radius 3 is 2.50 bits per heavy atom. The summed E-state index contributed by atoms with van der Waals surface area (Å²) in [7, 11) is 0. The number of aryl methyl sites for hydroxylation is 2. The molecule has 0 aliphatic carbocycles. The molecule has 0 fully saturated rings. The van der Waals surface area contributed by atoms with Gasteiger partial charge in [0.2, 0.25) is 0 Å². The van der Waals surface area contributed by atoms with Gasteiger partial charge in [0.15, 0.2) is 0 Å². The average Bonchev–Trinajstić information content (AvgIpc) is 3.37. The molecule has 0 spiro atoms. The van der Waals surface area contributed by atoms with Crippen LogP contribution in [0.4, 0.5) is 0 Å². The second-order valence-corrected chi connectivity index (χ2v) is 11.1. The van der Waals surface area contributed by atoms with Gasteiger partial charge in [0, 0.05) is 27.6 Å². The molecule has 0 atom stereocenters. The molecule has 6 rings (SSSR count). The normalized spacial score (nSPS) is 12.3. The molecule has 0 aliphatic rings. The maximum absolute atomic E-state index is 6.45. The molecule has 0 amide bonds. The second kappa shape index (κ2) is 7.54. The van der Waals surface area contributed by atoms with Crippen LogP contribution in [0.1, 0.15) is 37.5 Å². The lowest BCUT2D eigenvalue weighted by Crippen LogP contribution is -2.12. The van der Waals surface area contributed by atoms with Gasteiger partial charge in [-0.3, -0.25) is 4.98 Å². The molecule has 0 bridgehead atoms. The minimum Gasteiger partial charge on any atom is -0.456 e. The number of pyridine rings is 1. The van der Waals surface area contributed by atoms with Gasteiger partial charge in [-0.1, -0.05) is 57.2 Å². The van der Waals surface area contributed by atoms with Crippen LogP contribution in [0.2, 0.25) is 0 Å². The topological polar surface area (TPSA) is 26.0 Å². The molecule has 0 N–H and O–H groups in total. The summed E-state index contributed by atoms with van der Waals surface area (Å²) in [6, 6.07) is 21.8. The number of hydrogen-bond donors (Lipinski definition) is 0. The maximum atomic E-state index is 6.45. The molecule has 6 aromatic rings. The van der Waals surface area contributed by atoms with Crippen molar-refractivity contribution >= 4 is 43.2 Å². The van der Waals surface area contributed by atoms with Gasteiger partial charge in [0.05, 0.1) is 11.1 Å². The molecule has 168 valence electrons. The summed E-state index contributed by atoms with van der Waals surface area (Å²) in [5, 5.41) is 7.17. The van der Waals surface area contributed by atoms with E-state index in [-0.39, 0.29) is 5.41 Å². The predicted octanol–water partition coefficient (Wildman–Crippen LogP) is 9.44. The van der Waals surface area contributed by atoms with Crippen molar-refractivity contribution in [2.24, 2.45) is 0 Å². The molecule has 34 heavy (non-hydrogen) atoms. The van der Waals surface area contributed by atoms with E-state index in [1.807, 2.05) is 12.3 Å². The van der Waals surface area contributed by atoms with E-state index in [0.717, 1.165) is 39.1 Å². The third-order valence-corrected chi connectivity index (χ3v) is 7.88. The molecule has 0 unspecified atom stereocenters. The molecule has 0 saturated heterocycles. The summed E-state index contributed by atoms with van der Waals surface area (Å²) in [6.07, 6.45) is 1.86. The molecule has 0 saturated carbocycles. The Morgan fingerprint density at radius 2 is 1.68 bits per heavy atom. The van der Waals surface area contributed by atoms with Crippen LogP contribution in [0.3, 0.4) is 0 Å². The molecule has 3 heteroatoms. The highest BCUT2D eigenvalue weighted by atomic mass is 32.1. The number of furan rings is 1. The Kier molecular flexibility index (Phi) is 4.69. The monoisotopic (exact) mass is 461 g/mol. The zero-order valence-electron chi connectivity index (χ0n) is 20.2. The van der Waals surface area contributed by atoms with E-state index in [0.29, 0.717) is 0 Å². The minimum atomic E-state index is 0.0222. The fourth-order valence-corrected chi connectivity index (χ4v) is 6.04. The number of fused-ring (bicyclic) bond motifs is 3. The third kappa shape index (κ3) is 3.26. The predicted molar refractivity (Wildman–Crippen MR) is 146 cm³/mol. The van der Waals surface area contributed by atoms with Gasteiger partial charge in [-0.25, -0.2) is 0 Å². The lowest BCUT2D eigenvalue weighted by Gasteiger charge is -2.22. The first-order chi connectivity index (χ1) is 16.3. The zero-order chi connectivity index (χ0) is 23.6. The van der Waals surface area contributed by atoms with Crippen LogP contribution in [-0.4, -0.2) is 4.98 Å². The first-order valence-electron chi connectivity index (χ1n) is 11.7. The van der Waals surface area contributed by atoms with E-state index in [2.05, 4.69) is 94.6 Å². The van der Waals surface area contributed by atoms with Crippen LogP contribution in [0.5, 0.6) is 0 Å². The van der Waals surface area contributed by atoms with Gasteiger partial charge >= 0.3 is 0 Å². The zero-order valence-corrected chi connectivity index (χ0v) is 21.0. The van der Waals surface area contributed by atoms with E-state index in [1.165, 1.54) is 32.0 Å². The summed E-state index contributed by atoms with van der Waals surface area (Å²) >= 11 is 1.79. The van der Waals surface area contributed by atoms with E-state index in [4.69, 9.17) is 9.40 Å². The molecule has 0 radical (unpaired) electrons.